The number of aromatic nitrogens is 1. The molecular weight excluding hydrogens is 442 g/mol. The van der Waals surface area contributed by atoms with Crippen LogP contribution in [0.2, 0.25) is 0 Å². The molecule has 1 aliphatic heterocycles. The van der Waals surface area contributed by atoms with Crippen LogP contribution in [-0.2, 0) is 0 Å². The number of carbonyl (C=O) groups excluding carboxylic acids is 1. The highest BCUT2D eigenvalue weighted by Crippen LogP contribution is 2.44. The van der Waals surface area contributed by atoms with E-state index >= 15 is 0 Å². The Balaban J connectivity index is 1.65. The lowest BCUT2D eigenvalue weighted by molar-refractivity contribution is 0.101. The number of ether oxygens (including phenoxy) is 2. The number of rotatable bonds is 3. The minimum absolute atomic E-state index is 0.147. The summed E-state index contributed by atoms with van der Waals surface area (Å²) in [6, 6.07) is 6.93. The molecule has 138 valence electrons. The molecular formula is C18H11BrF2N2O3S. The maximum Gasteiger partial charge on any atom is 0.263 e. The first-order valence-corrected chi connectivity index (χ1v) is 9.37. The van der Waals surface area contributed by atoms with Crippen LogP contribution in [0, 0.1) is 18.6 Å². The summed E-state index contributed by atoms with van der Waals surface area (Å²) in [7, 11) is 0. The van der Waals surface area contributed by atoms with Crippen LogP contribution in [0.1, 0.15) is 16.1 Å². The summed E-state index contributed by atoms with van der Waals surface area (Å²) < 4.78 is 39.1. The Kier molecular flexibility index (Phi) is 4.56. The Hall–Kier alpha value is -2.52. The minimum atomic E-state index is -0.930. The SMILES string of the molecule is Cc1nc(NC(=O)c2c(F)cccc2F)sc1-c1cc(Br)c2c(c1)OCO2. The van der Waals surface area contributed by atoms with Crippen LogP contribution in [0.4, 0.5) is 13.9 Å². The zero-order valence-electron chi connectivity index (χ0n) is 13.8. The van der Waals surface area contributed by atoms with Gasteiger partial charge in [-0.05, 0) is 52.7 Å². The number of fused-ring (bicyclic) bond motifs is 1. The van der Waals surface area contributed by atoms with Crippen molar-refractivity contribution in [2.24, 2.45) is 0 Å². The van der Waals surface area contributed by atoms with Crippen LogP contribution >= 0.6 is 27.3 Å². The fourth-order valence-electron chi connectivity index (χ4n) is 2.69. The second kappa shape index (κ2) is 6.90. The molecule has 9 heteroatoms. The second-order valence-corrected chi connectivity index (χ2v) is 7.53. The third-order valence-corrected chi connectivity index (χ3v) is 5.61. The molecule has 1 aromatic heterocycles. The van der Waals surface area contributed by atoms with E-state index in [1.807, 2.05) is 12.1 Å². The molecule has 1 N–H and O–H groups in total. The van der Waals surface area contributed by atoms with Crippen molar-refractivity contribution in [3.8, 4) is 21.9 Å². The summed E-state index contributed by atoms with van der Waals surface area (Å²) in [6.07, 6.45) is 0. The molecule has 2 heterocycles. The van der Waals surface area contributed by atoms with Crippen LogP contribution in [0.5, 0.6) is 11.5 Å². The molecule has 0 unspecified atom stereocenters. The van der Waals surface area contributed by atoms with Crippen molar-refractivity contribution < 1.29 is 23.0 Å². The number of thiazole rings is 1. The number of carbonyl (C=O) groups is 1. The number of hydrogen-bond donors (Lipinski definition) is 1. The standard InChI is InChI=1S/C18H11BrF2N2O3S/c1-8-16(9-5-10(19)15-13(6-9)25-7-26-15)27-18(22-8)23-17(24)14-11(20)3-2-4-12(14)21/h2-6H,7H2,1H3,(H,22,23,24). The molecule has 0 saturated heterocycles. The first kappa shape index (κ1) is 17.9. The van der Waals surface area contributed by atoms with Crippen molar-refractivity contribution >= 4 is 38.3 Å². The monoisotopic (exact) mass is 452 g/mol. The second-order valence-electron chi connectivity index (χ2n) is 5.68. The number of amides is 1. The number of nitrogens with one attached hydrogen (secondary N) is 1. The van der Waals surface area contributed by atoms with Gasteiger partial charge in [-0.1, -0.05) is 17.4 Å². The van der Waals surface area contributed by atoms with E-state index in [9.17, 15) is 13.6 Å². The zero-order chi connectivity index (χ0) is 19.1. The van der Waals surface area contributed by atoms with Crippen LogP contribution in [-0.4, -0.2) is 17.7 Å². The fraction of sp³-hybridized carbons (Fsp3) is 0.111. The van der Waals surface area contributed by atoms with Crippen LogP contribution in [0.3, 0.4) is 0 Å². The molecule has 0 bridgehead atoms. The van der Waals surface area contributed by atoms with Gasteiger partial charge >= 0.3 is 0 Å². The van der Waals surface area contributed by atoms with Crippen molar-refractivity contribution in [1.82, 2.24) is 4.98 Å². The lowest BCUT2D eigenvalue weighted by Gasteiger charge is -2.04. The molecule has 0 fully saturated rings. The fourth-order valence-corrected chi connectivity index (χ4v) is 4.20. The van der Waals surface area contributed by atoms with Gasteiger partial charge < -0.3 is 9.47 Å². The average molecular weight is 453 g/mol. The maximum absolute atomic E-state index is 13.8. The molecule has 27 heavy (non-hydrogen) atoms. The minimum Gasteiger partial charge on any atom is -0.454 e. The molecule has 0 radical (unpaired) electrons. The topological polar surface area (TPSA) is 60.5 Å². The van der Waals surface area contributed by atoms with E-state index in [4.69, 9.17) is 9.47 Å². The number of halogens is 3. The number of anilines is 1. The summed E-state index contributed by atoms with van der Waals surface area (Å²) in [5.74, 6) is -1.52. The Morgan fingerprint density at radius 1 is 1.26 bits per heavy atom. The summed E-state index contributed by atoms with van der Waals surface area (Å²) in [5, 5.41) is 2.70. The summed E-state index contributed by atoms with van der Waals surface area (Å²) in [4.78, 5) is 17.3. The number of hydrogen-bond acceptors (Lipinski definition) is 5. The van der Waals surface area contributed by atoms with Gasteiger partial charge in [0.15, 0.2) is 16.6 Å². The van der Waals surface area contributed by atoms with E-state index in [0.717, 1.165) is 27.0 Å². The van der Waals surface area contributed by atoms with Crippen molar-refractivity contribution in [3.63, 3.8) is 0 Å². The Morgan fingerprint density at radius 2 is 2.00 bits per heavy atom. The Labute approximate surface area is 165 Å². The van der Waals surface area contributed by atoms with E-state index < -0.39 is 23.1 Å². The first-order chi connectivity index (χ1) is 12.9. The molecule has 1 amide bonds. The average Bonchev–Trinajstić information content (AvgIpc) is 3.21. The van der Waals surface area contributed by atoms with Crippen LogP contribution < -0.4 is 14.8 Å². The summed E-state index contributed by atoms with van der Waals surface area (Å²) >= 11 is 4.64. The van der Waals surface area contributed by atoms with Gasteiger partial charge in [-0.2, -0.15) is 0 Å². The van der Waals surface area contributed by atoms with Gasteiger partial charge in [-0.3, -0.25) is 10.1 Å². The van der Waals surface area contributed by atoms with Crippen molar-refractivity contribution in [1.29, 1.82) is 0 Å². The van der Waals surface area contributed by atoms with Gasteiger partial charge in [0.1, 0.15) is 17.2 Å². The third-order valence-electron chi connectivity index (χ3n) is 3.90. The van der Waals surface area contributed by atoms with Gasteiger partial charge in [-0.25, -0.2) is 13.8 Å². The number of aryl methyl sites for hydroxylation is 1. The predicted octanol–water partition coefficient (Wildman–Crippen LogP) is 5.14. The highest BCUT2D eigenvalue weighted by molar-refractivity contribution is 9.10. The molecule has 5 nitrogen and oxygen atoms in total. The summed E-state index contributed by atoms with van der Waals surface area (Å²) in [6.45, 7) is 1.93. The smallest absolute Gasteiger partial charge is 0.263 e. The number of nitrogens with zero attached hydrogens (tertiary/aromatic N) is 1. The van der Waals surface area contributed by atoms with Gasteiger partial charge in [-0.15, -0.1) is 0 Å². The van der Waals surface area contributed by atoms with Gasteiger partial charge in [0.25, 0.3) is 5.91 Å². The molecule has 0 saturated carbocycles. The van der Waals surface area contributed by atoms with Crippen molar-refractivity contribution in [2.45, 2.75) is 6.92 Å². The molecule has 4 rings (SSSR count). The number of benzene rings is 2. The summed E-state index contributed by atoms with van der Waals surface area (Å²) in [5.41, 5.74) is 0.839. The normalized spacial score (nSPS) is 12.3. The van der Waals surface area contributed by atoms with E-state index in [-0.39, 0.29) is 11.9 Å². The quantitative estimate of drug-likeness (QED) is 0.597. The largest absolute Gasteiger partial charge is 0.454 e. The maximum atomic E-state index is 13.8. The van der Waals surface area contributed by atoms with E-state index in [2.05, 4.69) is 26.2 Å². The van der Waals surface area contributed by atoms with Crippen molar-refractivity contribution in [3.05, 3.63) is 57.7 Å². The molecule has 3 aromatic rings. The van der Waals surface area contributed by atoms with Crippen LogP contribution in [0.15, 0.2) is 34.8 Å². The van der Waals surface area contributed by atoms with E-state index in [1.54, 1.807) is 6.92 Å². The van der Waals surface area contributed by atoms with Gasteiger partial charge in [0, 0.05) is 0 Å². The molecule has 0 aliphatic carbocycles. The van der Waals surface area contributed by atoms with Crippen molar-refractivity contribution in [2.75, 3.05) is 12.1 Å². The zero-order valence-corrected chi connectivity index (χ0v) is 16.2. The predicted molar refractivity (Wildman–Crippen MR) is 100 cm³/mol. The van der Waals surface area contributed by atoms with E-state index in [1.165, 1.54) is 17.4 Å². The first-order valence-electron chi connectivity index (χ1n) is 7.76. The third kappa shape index (κ3) is 3.28. The molecule has 0 spiro atoms. The Bertz CT molecular complexity index is 1050. The highest BCUT2D eigenvalue weighted by Gasteiger charge is 2.22. The van der Waals surface area contributed by atoms with Crippen LogP contribution in [0.25, 0.3) is 10.4 Å². The highest BCUT2D eigenvalue weighted by atomic mass is 79.9. The van der Waals surface area contributed by atoms with E-state index in [0.29, 0.717) is 17.2 Å². The van der Waals surface area contributed by atoms with Gasteiger partial charge in [0.05, 0.1) is 15.0 Å². The molecule has 2 aromatic carbocycles. The lowest BCUT2D eigenvalue weighted by atomic mass is 10.1. The van der Waals surface area contributed by atoms with Gasteiger partial charge in [0.2, 0.25) is 6.79 Å². The molecule has 1 aliphatic rings. The lowest BCUT2D eigenvalue weighted by Crippen LogP contribution is -2.15. The Morgan fingerprint density at radius 3 is 2.74 bits per heavy atom. The molecule has 0 atom stereocenters.